The topological polar surface area (TPSA) is 64.3 Å². The van der Waals surface area contributed by atoms with Crippen LogP contribution in [0.1, 0.15) is 6.92 Å². The monoisotopic (exact) mass is 284 g/mol. The summed E-state index contributed by atoms with van der Waals surface area (Å²) in [7, 11) is 1.60. The molecule has 1 aromatic carbocycles. The van der Waals surface area contributed by atoms with E-state index in [1.165, 1.54) is 11.8 Å². The number of nitrogens with two attached hydrogens (primary N) is 1. The van der Waals surface area contributed by atoms with Crippen molar-refractivity contribution in [3.63, 3.8) is 0 Å². The van der Waals surface area contributed by atoms with Gasteiger partial charge in [0.1, 0.15) is 5.75 Å². The second-order valence-corrected chi connectivity index (χ2v) is 5.49. The van der Waals surface area contributed by atoms with Crippen molar-refractivity contribution in [3.05, 3.63) is 24.3 Å². The van der Waals surface area contributed by atoms with Gasteiger partial charge >= 0.3 is 0 Å². The number of hydrogen-bond donors (Lipinski definition) is 2. The molecule has 0 saturated carbocycles. The first-order chi connectivity index (χ1) is 8.52. The summed E-state index contributed by atoms with van der Waals surface area (Å²) in [6.07, 6.45) is 0. The predicted octanol–water partition coefficient (Wildman–Crippen LogP) is 2.04. The van der Waals surface area contributed by atoms with Crippen molar-refractivity contribution >= 4 is 40.6 Å². The van der Waals surface area contributed by atoms with Gasteiger partial charge in [-0.25, -0.2) is 0 Å². The largest absolute Gasteiger partial charge is 0.497 e. The molecule has 0 radical (unpaired) electrons. The molecule has 98 valence electrons. The second-order valence-electron chi connectivity index (χ2n) is 3.64. The van der Waals surface area contributed by atoms with Crippen molar-refractivity contribution in [2.75, 3.05) is 18.2 Å². The SMILES string of the molecule is COc1ccc(NC(=O)C(C)SCC(N)=S)cc1. The number of thiocarbonyl (C=S) groups is 1. The summed E-state index contributed by atoms with van der Waals surface area (Å²) in [5.41, 5.74) is 6.13. The van der Waals surface area contributed by atoms with Crippen LogP contribution in [0.15, 0.2) is 24.3 Å². The molecule has 1 amide bonds. The minimum Gasteiger partial charge on any atom is -0.497 e. The van der Waals surface area contributed by atoms with Crippen LogP contribution >= 0.6 is 24.0 Å². The van der Waals surface area contributed by atoms with E-state index in [1.54, 1.807) is 31.4 Å². The second kappa shape index (κ2) is 7.23. The minimum absolute atomic E-state index is 0.0681. The quantitative estimate of drug-likeness (QED) is 0.783. The van der Waals surface area contributed by atoms with E-state index in [-0.39, 0.29) is 11.2 Å². The Morgan fingerprint density at radius 1 is 1.50 bits per heavy atom. The summed E-state index contributed by atoms with van der Waals surface area (Å²) >= 11 is 6.19. The first-order valence-electron chi connectivity index (χ1n) is 5.37. The molecule has 0 heterocycles. The molecule has 1 aromatic rings. The number of anilines is 1. The highest BCUT2D eigenvalue weighted by Gasteiger charge is 2.13. The van der Waals surface area contributed by atoms with Gasteiger partial charge in [0.05, 0.1) is 17.3 Å². The number of nitrogens with one attached hydrogen (secondary N) is 1. The number of rotatable bonds is 6. The van der Waals surface area contributed by atoms with Crippen LogP contribution in [-0.2, 0) is 4.79 Å². The van der Waals surface area contributed by atoms with Gasteiger partial charge in [-0.1, -0.05) is 12.2 Å². The molecule has 0 aliphatic carbocycles. The number of thioether (sulfide) groups is 1. The first kappa shape index (κ1) is 14.8. The molecule has 4 nitrogen and oxygen atoms in total. The van der Waals surface area contributed by atoms with Gasteiger partial charge in [0.15, 0.2) is 0 Å². The molecule has 0 spiro atoms. The minimum atomic E-state index is -0.200. The fraction of sp³-hybridized carbons (Fsp3) is 0.333. The summed E-state index contributed by atoms with van der Waals surface area (Å²) in [4.78, 5) is 12.2. The fourth-order valence-electron chi connectivity index (χ4n) is 1.20. The van der Waals surface area contributed by atoms with Crippen LogP contribution in [0.5, 0.6) is 5.75 Å². The number of carbonyl (C=O) groups is 1. The summed E-state index contributed by atoms with van der Waals surface area (Å²) in [5, 5.41) is 2.62. The molecule has 0 fully saturated rings. The van der Waals surface area contributed by atoms with E-state index < -0.39 is 0 Å². The zero-order valence-corrected chi connectivity index (χ0v) is 11.9. The normalized spacial score (nSPS) is 11.7. The van der Waals surface area contributed by atoms with E-state index in [9.17, 15) is 4.79 Å². The van der Waals surface area contributed by atoms with E-state index in [0.29, 0.717) is 10.7 Å². The van der Waals surface area contributed by atoms with Gasteiger partial charge in [-0.3, -0.25) is 4.79 Å². The molecule has 6 heteroatoms. The van der Waals surface area contributed by atoms with E-state index in [0.717, 1.165) is 11.4 Å². The lowest BCUT2D eigenvalue weighted by Gasteiger charge is -2.11. The van der Waals surface area contributed by atoms with E-state index in [1.807, 2.05) is 6.92 Å². The van der Waals surface area contributed by atoms with Crippen LogP contribution in [0.3, 0.4) is 0 Å². The molecule has 3 N–H and O–H groups in total. The standard InChI is InChI=1S/C12H16N2O2S2/c1-8(18-7-11(13)17)12(15)14-9-3-5-10(16-2)6-4-9/h3-6,8H,7H2,1-2H3,(H2,13,17)(H,14,15). The zero-order chi connectivity index (χ0) is 13.5. The first-order valence-corrected chi connectivity index (χ1v) is 6.83. The third kappa shape index (κ3) is 4.93. The molecule has 0 bridgehead atoms. The molecule has 1 rings (SSSR count). The summed E-state index contributed by atoms with van der Waals surface area (Å²) in [5.74, 6) is 1.19. The third-order valence-electron chi connectivity index (χ3n) is 2.20. The summed E-state index contributed by atoms with van der Waals surface area (Å²) in [6.45, 7) is 1.82. The molecule has 0 aliphatic rings. The number of methoxy groups -OCH3 is 1. The molecule has 0 saturated heterocycles. The lowest BCUT2D eigenvalue weighted by Crippen LogP contribution is -2.24. The van der Waals surface area contributed by atoms with Crippen molar-refractivity contribution in [2.24, 2.45) is 5.73 Å². The Kier molecular flexibility index (Phi) is 5.94. The van der Waals surface area contributed by atoms with Crippen molar-refractivity contribution in [1.82, 2.24) is 0 Å². The van der Waals surface area contributed by atoms with Crippen LogP contribution in [-0.4, -0.2) is 29.0 Å². The van der Waals surface area contributed by atoms with Crippen LogP contribution in [0.25, 0.3) is 0 Å². The number of carbonyl (C=O) groups excluding carboxylic acids is 1. The van der Waals surface area contributed by atoms with E-state index >= 15 is 0 Å². The Morgan fingerprint density at radius 3 is 2.61 bits per heavy atom. The molecule has 18 heavy (non-hydrogen) atoms. The maximum absolute atomic E-state index is 11.8. The van der Waals surface area contributed by atoms with Crippen molar-refractivity contribution in [2.45, 2.75) is 12.2 Å². The predicted molar refractivity (Wildman–Crippen MR) is 80.3 cm³/mol. The molecule has 1 atom stereocenters. The summed E-state index contributed by atoms with van der Waals surface area (Å²) in [6, 6.07) is 7.17. The van der Waals surface area contributed by atoms with Gasteiger partial charge in [-0.05, 0) is 31.2 Å². The fourth-order valence-corrected chi connectivity index (χ4v) is 2.03. The van der Waals surface area contributed by atoms with Gasteiger partial charge in [0, 0.05) is 11.4 Å². The Bertz CT molecular complexity index is 421. The maximum atomic E-state index is 11.8. The Labute approximate surface area is 116 Å². The highest BCUT2D eigenvalue weighted by atomic mass is 32.2. The lowest BCUT2D eigenvalue weighted by molar-refractivity contribution is -0.115. The highest BCUT2D eigenvalue weighted by molar-refractivity contribution is 8.02. The van der Waals surface area contributed by atoms with Crippen LogP contribution in [0, 0.1) is 0 Å². The van der Waals surface area contributed by atoms with Crippen LogP contribution in [0.2, 0.25) is 0 Å². The molecule has 1 unspecified atom stereocenters. The number of benzene rings is 1. The van der Waals surface area contributed by atoms with Crippen molar-refractivity contribution in [1.29, 1.82) is 0 Å². The van der Waals surface area contributed by atoms with Gasteiger partial charge in [0.2, 0.25) is 5.91 Å². The summed E-state index contributed by atoms with van der Waals surface area (Å²) < 4.78 is 5.04. The smallest absolute Gasteiger partial charge is 0.237 e. The van der Waals surface area contributed by atoms with Crippen LogP contribution < -0.4 is 15.8 Å². The molecule has 0 aliphatic heterocycles. The average molecular weight is 284 g/mol. The van der Waals surface area contributed by atoms with Gasteiger partial charge in [-0.2, -0.15) is 0 Å². The molecular weight excluding hydrogens is 268 g/mol. The van der Waals surface area contributed by atoms with Crippen molar-refractivity contribution < 1.29 is 9.53 Å². The highest BCUT2D eigenvalue weighted by Crippen LogP contribution is 2.17. The van der Waals surface area contributed by atoms with Gasteiger partial charge < -0.3 is 15.8 Å². The Balaban J connectivity index is 2.49. The van der Waals surface area contributed by atoms with E-state index in [2.05, 4.69) is 5.32 Å². The lowest BCUT2D eigenvalue weighted by atomic mass is 10.3. The average Bonchev–Trinajstić information content (AvgIpc) is 2.36. The van der Waals surface area contributed by atoms with Gasteiger partial charge in [-0.15, -0.1) is 11.8 Å². The molecular formula is C12H16N2O2S2. The zero-order valence-electron chi connectivity index (χ0n) is 10.3. The molecule has 0 aromatic heterocycles. The number of amides is 1. The number of ether oxygens (including phenoxy) is 1. The van der Waals surface area contributed by atoms with E-state index in [4.69, 9.17) is 22.7 Å². The Morgan fingerprint density at radius 2 is 2.11 bits per heavy atom. The number of hydrogen-bond acceptors (Lipinski definition) is 4. The van der Waals surface area contributed by atoms with Crippen LogP contribution in [0.4, 0.5) is 5.69 Å². The Hall–Kier alpha value is -1.27. The third-order valence-corrected chi connectivity index (χ3v) is 3.72. The maximum Gasteiger partial charge on any atom is 0.237 e. The van der Waals surface area contributed by atoms with Crippen molar-refractivity contribution in [3.8, 4) is 5.75 Å². The van der Waals surface area contributed by atoms with Gasteiger partial charge in [0.25, 0.3) is 0 Å².